The number of nitrogens with zero attached hydrogens (tertiary/aromatic N) is 2. The van der Waals surface area contributed by atoms with Crippen LogP contribution in [0.15, 0.2) is 54.6 Å². The summed E-state index contributed by atoms with van der Waals surface area (Å²) in [6, 6.07) is 18.7. The molecule has 2 fully saturated rings. The summed E-state index contributed by atoms with van der Waals surface area (Å²) in [6.07, 6.45) is 2.11. The van der Waals surface area contributed by atoms with Gasteiger partial charge in [0.25, 0.3) is 0 Å². The molecule has 2 aromatic rings. The third-order valence-electron chi connectivity index (χ3n) is 8.34. The first kappa shape index (κ1) is 22.8. The minimum absolute atomic E-state index is 0.0295. The van der Waals surface area contributed by atoms with Crippen LogP contribution in [0.1, 0.15) is 69.7 Å². The molecular formula is C28H35N3O3. The minimum atomic E-state index is -1.06. The Morgan fingerprint density at radius 3 is 2.41 bits per heavy atom. The highest BCUT2D eigenvalue weighted by Crippen LogP contribution is 2.54. The average Bonchev–Trinajstić information content (AvgIpc) is 3.28. The highest BCUT2D eigenvalue weighted by molar-refractivity contribution is 5.91. The van der Waals surface area contributed by atoms with Crippen LogP contribution in [0.2, 0.25) is 0 Å². The highest BCUT2D eigenvalue weighted by Gasteiger charge is 2.59. The molecule has 3 heterocycles. The van der Waals surface area contributed by atoms with Crippen LogP contribution in [0.5, 0.6) is 0 Å². The summed E-state index contributed by atoms with van der Waals surface area (Å²) in [4.78, 5) is 30.5. The second-order valence-electron chi connectivity index (χ2n) is 11.0. The van der Waals surface area contributed by atoms with E-state index >= 15 is 0 Å². The van der Waals surface area contributed by atoms with Crippen molar-refractivity contribution in [2.75, 3.05) is 18.4 Å². The number of para-hydroxylation sites is 1. The first-order chi connectivity index (χ1) is 16.3. The molecule has 2 saturated heterocycles. The fraction of sp³-hybridized carbons (Fsp3) is 0.500. The Bertz CT molecular complexity index is 1080. The molecule has 3 aliphatic rings. The molecule has 0 aliphatic carbocycles. The molecule has 0 spiro atoms. The summed E-state index contributed by atoms with van der Waals surface area (Å²) >= 11 is 0. The maximum Gasteiger partial charge on any atom is 0.408 e. The van der Waals surface area contributed by atoms with Crippen molar-refractivity contribution in [3.05, 3.63) is 65.7 Å². The van der Waals surface area contributed by atoms with Crippen molar-refractivity contribution in [2.24, 2.45) is 11.3 Å². The molecular weight excluding hydrogens is 426 g/mol. The molecule has 3 aliphatic heterocycles. The number of likely N-dealkylation sites (tertiary alicyclic amines) is 2. The fourth-order valence-corrected chi connectivity index (χ4v) is 6.74. The van der Waals surface area contributed by atoms with Crippen LogP contribution in [0, 0.1) is 11.3 Å². The summed E-state index contributed by atoms with van der Waals surface area (Å²) in [5.74, 6) is 0.193. The summed E-state index contributed by atoms with van der Waals surface area (Å²) in [7, 11) is 0. The molecule has 2 aromatic carbocycles. The number of rotatable bonds is 2. The van der Waals surface area contributed by atoms with Gasteiger partial charge < -0.3 is 15.3 Å². The maximum atomic E-state index is 14.6. The van der Waals surface area contributed by atoms with E-state index in [0.717, 1.165) is 30.5 Å². The number of piperidine rings is 1. The Hall–Kier alpha value is -3.02. The van der Waals surface area contributed by atoms with Crippen LogP contribution in [0.25, 0.3) is 0 Å². The van der Waals surface area contributed by atoms with E-state index in [-0.39, 0.29) is 23.9 Å². The molecule has 6 heteroatoms. The van der Waals surface area contributed by atoms with Crippen molar-refractivity contribution in [1.82, 2.24) is 9.80 Å². The number of carbonyl (C=O) groups excluding carboxylic acids is 1. The first-order valence-electron chi connectivity index (χ1n) is 12.5. The lowest BCUT2D eigenvalue weighted by molar-refractivity contribution is -0.156. The van der Waals surface area contributed by atoms with Gasteiger partial charge in [-0.2, -0.15) is 0 Å². The number of nitrogens with one attached hydrogen (secondary N) is 1. The normalized spacial score (nSPS) is 28.6. The third-order valence-corrected chi connectivity index (χ3v) is 8.34. The van der Waals surface area contributed by atoms with Gasteiger partial charge in [-0.25, -0.2) is 4.79 Å². The second kappa shape index (κ2) is 8.33. The Kier molecular flexibility index (Phi) is 5.58. The van der Waals surface area contributed by atoms with Gasteiger partial charge in [0, 0.05) is 24.7 Å². The van der Waals surface area contributed by atoms with Crippen LogP contribution >= 0.6 is 0 Å². The quantitative estimate of drug-likeness (QED) is 0.602. The number of hydrogen-bond donors (Lipinski definition) is 2. The van der Waals surface area contributed by atoms with Gasteiger partial charge in [-0.15, -0.1) is 0 Å². The van der Waals surface area contributed by atoms with E-state index in [9.17, 15) is 14.7 Å². The molecule has 2 N–H and O–H groups in total. The molecule has 180 valence electrons. The molecule has 2 amide bonds. The smallest absolute Gasteiger partial charge is 0.408 e. The predicted molar refractivity (Wildman–Crippen MR) is 133 cm³/mol. The topological polar surface area (TPSA) is 72.9 Å². The summed E-state index contributed by atoms with van der Waals surface area (Å²) in [5, 5.41) is 13.9. The van der Waals surface area contributed by atoms with Gasteiger partial charge in [0.05, 0.1) is 12.1 Å². The minimum Gasteiger partial charge on any atom is -0.465 e. The van der Waals surface area contributed by atoms with Gasteiger partial charge in [-0.3, -0.25) is 9.69 Å². The van der Waals surface area contributed by atoms with Gasteiger partial charge in [0.15, 0.2) is 0 Å². The van der Waals surface area contributed by atoms with E-state index in [1.165, 1.54) is 10.5 Å². The number of carbonyl (C=O) groups is 2. The fourth-order valence-electron chi connectivity index (χ4n) is 6.74. The number of carboxylic acid groups (broad SMARTS) is 1. The van der Waals surface area contributed by atoms with E-state index in [1.54, 1.807) is 0 Å². The zero-order valence-corrected chi connectivity index (χ0v) is 20.3. The standard InChI is InChI=1S/C28H35N3O3/c1-27(2,3)28(16-9-10-17-31(28)26(33)34)25(32)30-18-15-21-23(19-11-5-4-6-12-19)29-22-14-8-7-13-20(22)24(21)30/h4-8,11-14,21,23-24,29H,9-10,15-18H2,1-3H3,(H,33,34)/t21-,23+,24+,28-/m0/s1. The second-order valence-corrected chi connectivity index (χ2v) is 11.0. The molecule has 0 bridgehead atoms. The van der Waals surface area contributed by atoms with E-state index in [4.69, 9.17) is 0 Å². The SMILES string of the molecule is CC(C)(C)[C@@]1(C(=O)N2CC[C@H]3[C@@H](c4ccccc4)Nc4ccccc4[C@H]32)CCCCN1C(=O)O. The van der Waals surface area contributed by atoms with Crippen molar-refractivity contribution in [3.63, 3.8) is 0 Å². The molecule has 4 atom stereocenters. The van der Waals surface area contributed by atoms with Gasteiger partial charge in [-0.1, -0.05) is 69.3 Å². The maximum absolute atomic E-state index is 14.6. The molecule has 0 unspecified atom stereocenters. The average molecular weight is 462 g/mol. The van der Waals surface area contributed by atoms with Gasteiger partial charge in [0.1, 0.15) is 5.54 Å². The summed E-state index contributed by atoms with van der Waals surface area (Å²) in [5.41, 5.74) is 1.82. The molecule has 0 radical (unpaired) electrons. The predicted octanol–water partition coefficient (Wildman–Crippen LogP) is 5.69. The number of hydrogen-bond acceptors (Lipinski definition) is 3. The monoisotopic (exact) mass is 461 g/mol. The zero-order valence-electron chi connectivity index (χ0n) is 20.3. The Labute approximate surface area is 201 Å². The summed E-state index contributed by atoms with van der Waals surface area (Å²) in [6.45, 7) is 7.10. The molecule has 0 saturated carbocycles. The van der Waals surface area contributed by atoms with Crippen molar-refractivity contribution < 1.29 is 14.7 Å². The van der Waals surface area contributed by atoms with Crippen molar-refractivity contribution in [3.8, 4) is 0 Å². The van der Waals surface area contributed by atoms with Crippen LogP contribution in [-0.2, 0) is 4.79 Å². The lowest BCUT2D eigenvalue weighted by Crippen LogP contribution is -2.69. The molecule has 34 heavy (non-hydrogen) atoms. The van der Waals surface area contributed by atoms with Crippen LogP contribution in [0.4, 0.5) is 10.5 Å². The third kappa shape index (κ3) is 3.38. The number of benzene rings is 2. The summed E-state index contributed by atoms with van der Waals surface area (Å²) < 4.78 is 0. The molecule has 5 rings (SSSR count). The van der Waals surface area contributed by atoms with Crippen molar-refractivity contribution in [1.29, 1.82) is 0 Å². The highest BCUT2D eigenvalue weighted by atomic mass is 16.4. The molecule has 6 nitrogen and oxygen atoms in total. The Morgan fingerprint density at radius 2 is 1.71 bits per heavy atom. The van der Waals surface area contributed by atoms with Gasteiger partial charge in [-0.05, 0) is 48.3 Å². The number of amides is 2. The van der Waals surface area contributed by atoms with Crippen LogP contribution in [-0.4, -0.2) is 45.5 Å². The Balaban J connectivity index is 1.60. The number of anilines is 1. The first-order valence-corrected chi connectivity index (χ1v) is 12.5. The van der Waals surface area contributed by atoms with Crippen LogP contribution < -0.4 is 5.32 Å². The largest absolute Gasteiger partial charge is 0.465 e. The van der Waals surface area contributed by atoms with E-state index in [2.05, 4.69) is 41.7 Å². The number of fused-ring (bicyclic) bond motifs is 3. The van der Waals surface area contributed by atoms with E-state index in [1.807, 2.05) is 43.9 Å². The van der Waals surface area contributed by atoms with Crippen molar-refractivity contribution in [2.45, 2.75) is 64.1 Å². The van der Waals surface area contributed by atoms with Gasteiger partial charge in [0.2, 0.25) is 5.91 Å². The lowest BCUT2D eigenvalue weighted by atomic mass is 9.66. The molecule has 0 aromatic heterocycles. The van der Waals surface area contributed by atoms with Crippen LogP contribution in [0.3, 0.4) is 0 Å². The zero-order chi connectivity index (χ0) is 24.1. The van der Waals surface area contributed by atoms with E-state index < -0.39 is 17.0 Å². The van der Waals surface area contributed by atoms with E-state index in [0.29, 0.717) is 19.5 Å². The van der Waals surface area contributed by atoms with Crippen molar-refractivity contribution >= 4 is 17.7 Å². The Morgan fingerprint density at radius 1 is 1.00 bits per heavy atom. The lowest BCUT2D eigenvalue weighted by Gasteiger charge is -2.54. The van der Waals surface area contributed by atoms with Gasteiger partial charge >= 0.3 is 6.09 Å².